The van der Waals surface area contributed by atoms with Crippen molar-refractivity contribution in [3.8, 4) is 17.1 Å². The number of halogens is 1. The molecular formula is C33H26IN3O4S. The molecule has 0 spiro atoms. The van der Waals surface area contributed by atoms with Crippen molar-refractivity contribution in [1.82, 2.24) is 4.57 Å². The number of furan rings is 1. The molecule has 0 radical (unpaired) electrons. The van der Waals surface area contributed by atoms with Crippen LogP contribution in [0.15, 0.2) is 116 Å². The fourth-order valence-corrected chi connectivity index (χ4v) is 6.28. The molecule has 1 amide bonds. The zero-order chi connectivity index (χ0) is 29.2. The predicted molar refractivity (Wildman–Crippen MR) is 173 cm³/mol. The number of hydrogen-bond donors (Lipinski definition) is 1. The van der Waals surface area contributed by atoms with Crippen molar-refractivity contribution in [1.29, 1.82) is 0 Å². The van der Waals surface area contributed by atoms with E-state index in [2.05, 4.69) is 27.9 Å². The van der Waals surface area contributed by atoms with E-state index in [-0.39, 0.29) is 11.5 Å². The van der Waals surface area contributed by atoms with E-state index in [1.165, 1.54) is 11.3 Å². The van der Waals surface area contributed by atoms with Gasteiger partial charge < -0.3 is 14.5 Å². The Morgan fingerprint density at radius 2 is 1.79 bits per heavy atom. The standard InChI is InChI=1S/C33H26IN3O4S/c1-3-40-25-15-11-22(12-16-25)30-29(31(38)36-24-7-5-4-6-8-24)20(2)35-33-37(30)32(39)28(42-33)19-26-17-18-27(41-26)21-9-13-23(34)14-10-21/h4-19,30H,3H2,1-2H3,(H,36,38)/b28-19-/t30-/m0/s1. The van der Waals surface area contributed by atoms with Crippen molar-refractivity contribution < 1.29 is 13.9 Å². The lowest BCUT2D eigenvalue weighted by Crippen LogP contribution is -2.40. The zero-order valence-electron chi connectivity index (χ0n) is 22.8. The topological polar surface area (TPSA) is 85.8 Å². The molecule has 1 atom stereocenters. The minimum atomic E-state index is -0.679. The van der Waals surface area contributed by atoms with E-state index in [0.29, 0.717) is 50.2 Å². The predicted octanol–water partition coefficient (Wildman–Crippen LogP) is 6.14. The third kappa shape index (κ3) is 5.62. The molecule has 1 aliphatic heterocycles. The molecular weight excluding hydrogens is 661 g/mol. The number of carbonyl (C=O) groups is 1. The van der Waals surface area contributed by atoms with Crippen LogP contribution in [0.5, 0.6) is 5.75 Å². The third-order valence-corrected chi connectivity index (χ3v) is 8.54. The van der Waals surface area contributed by atoms with Gasteiger partial charge in [-0.25, -0.2) is 4.99 Å². The smallest absolute Gasteiger partial charge is 0.271 e. The average molecular weight is 688 g/mol. The number of allylic oxidation sites excluding steroid dienone is 1. The fourth-order valence-electron chi connectivity index (χ4n) is 4.89. The molecule has 210 valence electrons. The largest absolute Gasteiger partial charge is 0.494 e. The number of fused-ring (bicyclic) bond motifs is 1. The number of anilines is 1. The van der Waals surface area contributed by atoms with Gasteiger partial charge in [0.05, 0.1) is 28.5 Å². The Balaban J connectivity index is 1.44. The first kappa shape index (κ1) is 27.9. The molecule has 7 nitrogen and oxygen atoms in total. The molecule has 1 aliphatic rings. The van der Waals surface area contributed by atoms with E-state index in [1.54, 1.807) is 17.6 Å². The van der Waals surface area contributed by atoms with Gasteiger partial charge >= 0.3 is 0 Å². The fraction of sp³-hybridized carbons (Fsp3) is 0.121. The summed E-state index contributed by atoms with van der Waals surface area (Å²) in [6, 6.07) is 27.8. The second kappa shape index (κ2) is 11.9. The molecule has 6 rings (SSSR count). The van der Waals surface area contributed by atoms with Gasteiger partial charge in [0.1, 0.15) is 17.3 Å². The number of para-hydroxylation sites is 1. The van der Waals surface area contributed by atoms with Crippen LogP contribution in [0.3, 0.4) is 0 Å². The molecule has 1 N–H and O–H groups in total. The molecule has 0 bridgehead atoms. The highest BCUT2D eigenvalue weighted by atomic mass is 127. The minimum Gasteiger partial charge on any atom is -0.494 e. The van der Waals surface area contributed by atoms with Crippen LogP contribution in [-0.4, -0.2) is 17.1 Å². The molecule has 5 aromatic rings. The van der Waals surface area contributed by atoms with Crippen molar-refractivity contribution in [3.05, 3.63) is 137 Å². The number of rotatable bonds is 7. The number of carbonyl (C=O) groups excluding carboxylic acids is 1. The maximum absolute atomic E-state index is 14.0. The van der Waals surface area contributed by atoms with Crippen LogP contribution in [0.1, 0.15) is 31.2 Å². The first-order valence-corrected chi connectivity index (χ1v) is 15.3. The molecule has 0 saturated carbocycles. The van der Waals surface area contributed by atoms with Crippen molar-refractivity contribution in [2.75, 3.05) is 11.9 Å². The Hall–Kier alpha value is -4.22. The number of ether oxygens (including phenoxy) is 1. The molecule has 3 heterocycles. The molecule has 0 fully saturated rings. The second-order valence-electron chi connectivity index (χ2n) is 9.61. The third-order valence-electron chi connectivity index (χ3n) is 6.83. The van der Waals surface area contributed by atoms with Crippen LogP contribution >= 0.6 is 33.9 Å². The number of nitrogens with zero attached hydrogens (tertiary/aromatic N) is 2. The molecule has 0 unspecified atom stereocenters. The Morgan fingerprint density at radius 1 is 1.05 bits per heavy atom. The summed E-state index contributed by atoms with van der Waals surface area (Å²) in [6.45, 7) is 4.27. The van der Waals surface area contributed by atoms with Crippen molar-refractivity contribution in [3.63, 3.8) is 0 Å². The zero-order valence-corrected chi connectivity index (χ0v) is 25.8. The van der Waals surface area contributed by atoms with Gasteiger partial charge in [0, 0.05) is 20.9 Å². The van der Waals surface area contributed by atoms with E-state index in [1.807, 2.05) is 97.9 Å². The average Bonchev–Trinajstić information content (AvgIpc) is 3.58. The second-order valence-corrected chi connectivity index (χ2v) is 11.9. The lowest BCUT2D eigenvalue weighted by atomic mass is 9.95. The Bertz CT molecular complexity index is 1970. The Kier molecular flexibility index (Phi) is 7.94. The van der Waals surface area contributed by atoms with Crippen molar-refractivity contribution >= 4 is 51.6 Å². The summed E-state index contributed by atoms with van der Waals surface area (Å²) < 4.78 is 14.9. The number of thiazole rings is 1. The van der Waals surface area contributed by atoms with Gasteiger partial charge in [-0.05, 0) is 90.5 Å². The van der Waals surface area contributed by atoms with E-state index in [0.717, 1.165) is 14.7 Å². The highest BCUT2D eigenvalue weighted by Gasteiger charge is 2.32. The monoisotopic (exact) mass is 687 g/mol. The van der Waals surface area contributed by atoms with Crippen LogP contribution in [-0.2, 0) is 4.79 Å². The van der Waals surface area contributed by atoms with Crippen LogP contribution in [0, 0.1) is 3.57 Å². The van der Waals surface area contributed by atoms with E-state index >= 15 is 0 Å². The number of aromatic nitrogens is 1. The Labute approximate surface area is 259 Å². The van der Waals surface area contributed by atoms with Crippen LogP contribution in [0.25, 0.3) is 17.4 Å². The summed E-state index contributed by atoms with van der Waals surface area (Å²) >= 11 is 3.54. The quantitative estimate of drug-likeness (QED) is 0.209. The van der Waals surface area contributed by atoms with E-state index in [4.69, 9.17) is 14.1 Å². The molecule has 42 heavy (non-hydrogen) atoms. The molecule has 3 aromatic carbocycles. The summed E-state index contributed by atoms with van der Waals surface area (Å²) in [5.74, 6) is 1.67. The summed E-state index contributed by atoms with van der Waals surface area (Å²) in [5.41, 5.74) is 3.10. The maximum Gasteiger partial charge on any atom is 0.271 e. The number of benzene rings is 3. The van der Waals surface area contributed by atoms with Gasteiger partial charge in [-0.3, -0.25) is 14.2 Å². The van der Waals surface area contributed by atoms with Gasteiger partial charge in [-0.1, -0.05) is 53.8 Å². The van der Waals surface area contributed by atoms with Crippen molar-refractivity contribution in [2.45, 2.75) is 19.9 Å². The number of hydrogen-bond acceptors (Lipinski definition) is 6. The summed E-state index contributed by atoms with van der Waals surface area (Å²) in [7, 11) is 0. The van der Waals surface area contributed by atoms with Crippen molar-refractivity contribution in [2.24, 2.45) is 4.99 Å². The Morgan fingerprint density at radius 3 is 2.50 bits per heavy atom. The maximum atomic E-state index is 14.0. The number of nitrogens with one attached hydrogen (secondary N) is 1. The highest BCUT2D eigenvalue weighted by Crippen LogP contribution is 2.32. The van der Waals surface area contributed by atoms with Crippen LogP contribution in [0.2, 0.25) is 0 Å². The first-order valence-electron chi connectivity index (χ1n) is 13.4. The van der Waals surface area contributed by atoms with Crippen LogP contribution < -0.4 is 24.9 Å². The van der Waals surface area contributed by atoms with Gasteiger partial charge in [-0.15, -0.1) is 0 Å². The summed E-state index contributed by atoms with van der Waals surface area (Å²) in [5, 5.41) is 2.98. The van der Waals surface area contributed by atoms with Gasteiger partial charge in [0.2, 0.25) is 0 Å². The van der Waals surface area contributed by atoms with Gasteiger partial charge in [0.15, 0.2) is 4.80 Å². The molecule has 9 heteroatoms. The molecule has 0 saturated heterocycles. The van der Waals surface area contributed by atoms with Gasteiger partial charge in [0.25, 0.3) is 11.5 Å². The lowest BCUT2D eigenvalue weighted by Gasteiger charge is -2.25. The minimum absolute atomic E-state index is 0.248. The van der Waals surface area contributed by atoms with E-state index in [9.17, 15) is 9.59 Å². The normalized spacial score (nSPS) is 14.8. The number of amides is 1. The van der Waals surface area contributed by atoms with Gasteiger partial charge in [-0.2, -0.15) is 0 Å². The molecule has 2 aromatic heterocycles. The van der Waals surface area contributed by atoms with Crippen LogP contribution in [0.4, 0.5) is 5.69 Å². The van der Waals surface area contributed by atoms with E-state index < -0.39 is 6.04 Å². The lowest BCUT2D eigenvalue weighted by molar-refractivity contribution is -0.113. The molecule has 0 aliphatic carbocycles. The summed E-state index contributed by atoms with van der Waals surface area (Å²) in [4.78, 5) is 32.9. The first-order chi connectivity index (χ1) is 20.4. The summed E-state index contributed by atoms with van der Waals surface area (Å²) in [6.07, 6.45) is 1.73. The SMILES string of the molecule is CCOc1ccc([C@H]2C(C(=O)Nc3ccccc3)=C(C)N=c3s/c(=C\c4ccc(-c5ccc(I)cc5)o4)c(=O)n32)cc1. The highest BCUT2D eigenvalue weighted by molar-refractivity contribution is 14.1.